The van der Waals surface area contributed by atoms with Gasteiger partial charge in [-0.25, -0.2) is 23.1 Å². The normalized spacial score (nSPS) is 13.0. The standard InChI is InChI=1S/C23H28N6O4S/c1-15-14-18-21(22(24)27-15)28-23(16(2)32-3)29(18)11-13-33-12-10-26-34(30,31)19-8-4-6-17-7-5-9-25-20(17)19/h4-9,14,16,26H,10-13H2,1-3H3,(H2,24,27). The number of aromatic nitrogens is 4. The quantitative estimate of drug-likeness (QED) is 0.328. The van der Waals surface area contributed by atoms with E-state index in [4.69, 9.17) is 15.2 Å². The number of fused-ring (bicyclic) bond motifs is 2. The van der Waals surface area contributed by atoms with Gasteiger partial charge in [-0.3, -0.25) is 4.98 Å². The number of sulfonamides is 1. The van der Waals surface area contributed by atoms with Crippen LogP contribution in [-0.4, -0.2) is 54.8 Å². The molecule has 0 spiro atoms. The molecule has 0 aliphatic heterocycles. The molecule has 0 radical (unpaired) electrons. The van der Waals surface area contributed by atoms with Gasteiger partial charge in [0.25, 0.3) is 0 Å². The lowest BCUT2D eigenvalue weighted by Crippen LogP contribution is -2.28. The third kappa shape index (κ3) is 4.87. The van der Waals surface area contributed by atoms with Crippen molar-refractivity contribution in [3.63, 3.8) is 0 Å². The second kappa shape index (κ2) is 10.0. The summed E-state index contributed by atoms with van der Waals surface area (Å²) in [6.45, 7) is 4.98. The summed E-state index contributed by atoms with van der Waals surface area (Å²) in [6.07, 6.45) is 1.34. The third-order valence-electron chi connectivity index (χ3n) is 5.52. The zero-order valence-electron chi connectivity index (χ0n) is 19.4. The van der Waals surface area contributed by atoms with E-state index < -0.39 is 10.0 Å². The number of nitrogen functional groups attached to an aromatic ring is 1. The highest BCUT2D eigenvalue weighted by Crippen LogP contribution is 2.26. The minimum atomic E-state index is -3.72. The van der Waals surface area contributed by atoms with E-state index in [0.29, 0.717) is 30.0 Å². The molecule has 0 saturated carbocycles. The fourth-order valence-corrected chi connectivity index (χ4v) is 5.01. The van der Waals surface area contributed by atoms with E-state index in [2.05, 4.69) is 19.7 Å². The number of ether oxygens (including phenoxy) is 2. The Kier molecular flexibility index (Phi) is 7.08. The number of rotatable bonds is 10. The largest absolute Gasteiger partial charge is 0.382 e. The van der Waals surface area contributed by atoms with Crippen LogP contribution >= 0.6 is 0 Å². The second-order valence-corrected chi connectivity index (χ2v) is 9.59. The number of nitrogens with zero attached hydrogens (tertiary/aromatic N) is 4. The van der Waals surface area contributed by atoms with Crippen LogP contribution in [0.2, 0.25) is 0 Å². The van der Waals surface area contributed by atoms with Gasteiger partial charge in [0.2, 0.25) is 10.0 Å². The maximum Gasteiger partial charge on any atom is 0.242 e. The average Bonchev–Trinajstić information content (AvgIpc) is 3.19. The lowest BCUT2D eigenvalue weighted by molar-refractivity contribution is 0.102. The highest BCUT2D eigenvalue weighted by molar-refractivity contribution is 7.89. The molecule has 0 amide bonds. The maximum atomic E-state index is 12.8. The fraction of sp³-hybridized carbons (Fsp3) is 0.348. The average molecular weight is 485 g/mol. The predicted molar refractivity (Wildman–Crippen MR) is 130 cm³/mol. The van der Waals surface area contributed by atoms with E-state index in [-0.39, 0.29) is 24.2 Å². The molecule has 3 aromatic heterocycles. The van der Waals surface area contributed by atoms with Gasteiger partial charge in [-0.2, -0.15) is 0 Å². The van der Waals surface area contributed by atoms with E-state index in [1.807, 2.05) is 36.6 Å². The van der Waals surface area contributed by atoms with Crippen molar-refractivity contribution < 1.29 is 17.9 Å². The maximum absolute atomic E-state index is 12.8. The van der Waals surface area contributed by atoms with Gasteiger partial charge in [0.05, 0.1) is 24.2 Å². The van der Waals surface area contributed by atoms with Crippen molar-refractivity contribution in [1.29, 1.82) is 0 Å². The van der Waals surface area contributed by atoms with Gasteiger partial charge < -0.3 is 19.8 Å². The number of anilines is 1. The summed E-state index contributed by atoms with van der Waals surface area (Å²) in [6, 6.07) is 10.6. The molecule has 0 aliphatic carbocycles. The van der Waals surface area contributed by atoms with Crippen molar-refractivity contribution in [3.05, 3.63) is 54.1 Å². The molecular weight excluding hydrogens is 456 g/mol. The summed E-state index contributed by atoms with van der Waals surface area (Å²) >= 11 is 0. The molecule has 3 N–H and O–H groups in total. The van der Waals surface area contributed by atoms with Crippen LogP contribution in [0.3, 0.4) is 0 Å². The zero-order chi connectivity index (χ0) is 24.3. The van der Waals surface area contributed by atoms with Crippen LogP contribution in [0.5, 0.6) is 0 Å². The molecule has 1 unspecified atom stereocenters. The van der Waals surface area contributed by atoms with Crippen molar-refractivity contribution in [2.75, 3.05) is 32.6 Å². The highest BCUT2D eigenvalue weighted by atomic mass is 32.2. The SMILES string of the molecule is COC(C)c1nc2c(N)nc(C)cc2n1CCOCCNS(=O)(=O)c1cccc2cccnc12. The smallest absolute Gasteiger partial charge is 0.242 e. The molecule has 10 nitrogen and oxygen atoms in total. The lowest BCUT2D eigenvalue weighted by Gasteiger charge is -2.14. The number of imidazole rings is 1. The van der Waals surface area contributed by atoms with Crippen molar-refractivity contribution in [3.8, 4) is 0 Å². The Labute approximate surface area is 198 Å². The van der Waals surface area contributed by atoms with E-state index >= 15 is 0 Å². The Morgan fingerprint density at radius 2 is 1.94 bits per heavy atom. The number of nitrogens with two attached hydrogens (primary N) is 1. The number of pyridine rings is 2. The Bertz CT molecular complexity index is 1410. The molecule has 4 aromatic rings. The van der Waals surface area contributed by atoms with Gasteiger partial charge in [-0.05, 0) is 32.0 Å². The first-order valence-corrected chi connectivity index (χ1v) is 12.4. The first-order valence-electron chi connectivity index (χ1n) is 10.9. The molecule has 11 heteroatoms. The van der Waals surface area contributed by atoms with Crippen molar-refractivity contribution >= 4 is 37.8 Å². The van der Waals surface area contributed by atoms with Crippen molar-refractivity contribution in [1.82, 2.24) is 24.2 Å². The topological polar surface area (TPSA) is 134 Å². The van der Waals surface area contributed by atoms with Crippen LogP contribution in [0.1, 0.15) is 24.5 Å². The Morgan fingerprint density at radius 1 is 1.15 bits per heavy atom. The molecule has 34 heavy (non-hydrogen) atoms. The number of hydrogen-bond donors (Lipinski definition) is 2. The molecule has 0 bridgehead atoms. The minimum Gasteiger partial charge on any atom is -0.382 e. The monoisotopic (exact) mass is 484 g/mol. The summed E-state index contributed by atoms with van der Waals surface area (Å²) in [5, 5.41) is 0.765. The van der Waals surface area contributed by atoms with Crippen LogP contribution in [0.25, 0.3) is 21.9 Å². The Balaban J connectivity index is 1.39. The molecule has 4 rings (SSSR count). The van der Waals surface area contributed by atoms with Crippen molar-refractivity contribution in [2.45, 2.75) is 31.4 Å². The molecule has 0 fully saturated rings. The second-order valence-electron chi connectivity index (χ2n) is 7.86. The van der Waals surface area contributed by atoms with Crippen molar-refractivity contribution in [2.24, 2.45) is 0 Å². The molecular formula is C23H28N6O4S. The molecule has 180 valence electrons. The first kappa shape index (κ1) is 24.0. The number of hydrogen-bond acceptors (Lipinski definition) is 8. The predicted octanol–water partition coefficient (Wildman–Crippen LogP) is 2.57. The van der Waals surface area contributed by atoms with Gasteiger partial charge in [-0.1, -0.05) is 18.2 Å². The molecule has 3 heterocycles. The van der Waals surface area contributed by atoms with Crippen LogP contribution < -0.4 is 10.5 Å². The van der Waals surface area contributed by atoms with Crippen LogP contribution in [0, 0.1) is 6.92 Å². The first-order chi connectivity index (χ1) is 16.3. The van der Waals surface area contributed by atoms with E-state index in [1.54, 1.807) is 31.5 Å². The number of methoxy groups -OCH3 is 1. The summed E-state index contributed by atoms with van der Waals surface area (Å²) < 4.78 is 41.3. The van der Waals surface area contributed by atoms with E-state index in [1.165, 1.54) is 0 Å². The van der Waals surface area contributed by atoms with E-state index in [9.17, 15) is 8.42 Å². The zero-order valence-corrected chi connectivity index (χ0v) is 20.2. The number of para-hydroxylation sites is 1. The fourth-order valence-electron chi connectivity index (χ4n) is 3.82. The number of benzene rings is 1. The lowest BCUT2D eigenvalue weighted by atomic mass is 10.2. The Morgan fingerprint density at radius 3 is 2.74 bits per heavy atom. The molecule has 1 atom stereocenters. The van der Waals surface area contributed by atoms with Crippen LogP contribution in [0.15, 0.2) is 47.5 Å². The van der Waals surface area contributed by atoms with Crippen LogP contribution in [0.4, 0.5) is 5.82 Å². The molecule has 0 saturated heterocycles. The Hall–Kier alpha value is -3.12. The minimum absolute atomic E-state index is 0.132. The summed E-state index contributed by atoms with van der Waals surface area (Å²) in [5.74, 6) is 1.10. The highest BCUT2D eigenvalue weighted by Gasteiger charge is 2.19. The number of nitrogens with one attached hydrogen (secondary N) is 1. The van der Waals surface area contributed by atoms with Gasteiger partial charge >= 0.3 is 0 Å². The van der Waals surface area contributed by atoms with Gasteiger partial charge in [0.15, 0.2) is 5.82 Å². The molecule has 1 aromatic carbocycles. The third-order valence-corrected chi connectivity index (χ3v) is 7.01. The summed E-state index contributed by atoms with van der Waals surface area (Å²) in [5.41, 5.74) is 8.79. The molecule has 0 aliphatic rings. The van der Waals surface area contributed by atoms with E-state index in [0.717, 1.165) is 22.4 Å². The number of aryl methyl sites for hydroxylation is 1. The van der Waals surface area contributed by atoms with Gasteiger partial charge in [-0.15, -0.1) is 0 Å². The summed E-state index contributed by atoms with van der Waals surface area (Å²) in [7, 11) is -2.10. The van der Waals surface area contributed by atoms with Gasteiger partial charge in [0, 0.05) is 37.5 Å². The summed E-state index contributed by atoms with van der Waals surface area (Å²) in [4.78, 5) is 13.3. The van der Waals surface area contributed by atoms with Crippen LogP contribution in [-0.2, 0) is 26.0 Å². The van der Waals surface area contributed by atoms with Gasteiger partial charge in [0.1, 0.15) is 22.3 Å².